The van der Waals surface area contributed by atoms with Crippen LogP contribution in [0.4, 0.5) is 9.52 Å². The molecular weight excluding hydrogens is 349 g/mol. The first-order chi connectivity index (χ1) is 11.5. The van der Waals surface area contributed by atoms with Crippen LogP contribution in [0.5, 0.6) is 0 Å². The Hall–Kier alpha value is -2.26. The number of carbonyl (C=O) groups is 1. The molecule has 0 saturated heterocycles. The summed E-state index contributed by atoms with van der Waals surface area (Å²) in [5.41, 5.74) is 1.25. The molecule has 0 aliphatic rings. The van der Waals surface area contributed by atoms with Crippen molar-refractivity contribution in [2.75, 3.05) is 5.32 Å². The number of hydrogen-bond acceptors (Lipinski definition) is 6. The highest BCUT2D eigenvalue weighted by molar-refractivity contribution is 7.98. The molecule has 0 aliphatic heterocycles. The van der Waals surface area contributed by atoms with E-state index in [1.165, 1.54) is 36.1 Å². The summed E-state index contributed by atoms with van der Waals surface area (Å²) in [6, 6.07) is 6.47. The van der Waals surface area contributed by atoms with Crippen LogP contribution >= 0.6 is 23.1 Å². The minimum Gasteiger partial charge on any atom is -0.305 e. The van der Waals surface area contributed by atoms with Gasteiger partial charge in [0.15, 0.2) is 16.1 Å². The number of rotatable bonds is 5. The average Bonchev–Trinajstić information content (AvgIpc) is 3.12. The topological polar surface area (TPSA) is 72.7 Å². The Bertz CT molecular complexity index is 876. The molecule has 3 aromatic rings. The molecule has 1 N–H and O–H groups in total. The molecule has 2 heterocycles. The normalized spacial score (nSPS) is 10.8. The van der Waals surface area contributed by atoms with Gasteiger partial charge in [-0.15, -0.1) is 21.5 Å². The van der Waals surface area contributed by atoms with Crippen LogP contribution in [0.25, 0.3) is 11.4 Å². The van der Waals surface area contributed by atoms with Gasteiger partial charge in [0.05, 0.1) is 11.3 Å². The summed E-state index contributed by atoms with van der Waals surface area (Å²) in [6.07, 6.45) is 0. The van der Waals surface area contributed by atoms with E-state index in [9.17, 15) is 9.18 Å². The molecule has 1 amide bonds. The lowest BCUT2D eigenvalue weighted by Crippen LogP contribution is -2.05. The third-order valence-electron chi connectivity index (χ3n) is 3.13. The van der Waals surface area contributed by atoms with Crippen LogP contribution in [0.3, 0.4) is 0 Å². The van der Waals surface area contributed by atoms with Crippen molar-refractivity contribution < 1.29 is 9.18 Å². The number of amides is 1. The van der Waals surface area contributed by atoms with Crippen molar-refractivity contribution in [2.24, 2.45) is 7.05 Å². The van der Waals surface area contributed by atoms with Gasteiger partial charge in [-0.05, 0) is 12.1 Å². The molecule has 0 saturated carbocycles. The molecule has 0 radical (unpaired) electrons. The number of benzene rings is 1. The second kappa shape index (κ2) is 7.10. The highest BCUT2D eigenvalue weighted by Crippen LogP contribution is 2.27. The fraction of sp³-hybridized carbons (Fsp3) is 0.200. The van der Waals surface area contributed by atoms with Crippen LogP contribution in [0, 0.1) is 5.82 Å². The quantitative estimate of drug-likeness (QED) is 0.704. The summed E-state index contributed by atoms with van der Waals surface area (Å²) in [6.45, 7) is 1.44. The fourth-order valence-corrected chi connectivity index (χ4v) is 3.70. The lowest BCUT2D eigenvalue weighted by molar-refractivity contribution is -0.114. The van der Waals surface area contributed by atoms with Crippen LogP contribution in [0.1, 0.15) is 12.6 Å². The van der Waals surface area contributed by atoms with E-state index in [1.54, 1.807) is 29.8 Å². The summed E-state index contributed by atoms with van der Waals surface area (Å²) in [5, 5.41) is 14.0. The van der Waals surface area contributed by atoms with Gasteiger partial charge >= 0.3 is 0 Å². The molecule has 6 nitrogen and oxygen atoms in total. The second-order valence-corrected chi connectivity index (χ2v) is 6.76. The number of aromatic nitrogens is 4. The van der Waals surface area contributed by atoms with Gasteiger partial charge in [-0.2, -0.15) is 0 Å². The van der Waals surface area contributed by atoms with E-state index in [-0.39, 0.29) is 11.7 Å². The Labute approximate surface area is 146 Å². The monoisotopic (exact) mass is 363 g/mol. The van der Waals surface area contributed by atoms with Crippen molar-refractivity contribution >= 4 is 34.1 Å². The Balaban J connectivity index is 1.72. The molecule has 0 aliphatic carbocycles. The van der Waals surface area contributed by atoms with Gasteiger partial charge in [0.25, 0.3) is 0 Å². The van der Waals surface area contributed by atoms with E-state index < -0.39 is 0 Å². The van der Waals surface area contributed by atoms with Gasteiger partial charge in [0, 0.05) is 25.1 Å². The van der Waals surface area contributed by atoms with E-state index in [4.69, 9.17) is 0 Å². The zero-order chi connectivity index (χ0) is 17.1. The number of nitrogens with zero attached hydrogens (tertiary/aromatic N) is 4. The van der Waals surface area contributed by atoms with Crippen molar-refractivity contribution in [1.29, 1.82) is 0 Å². The average molecular weight is 363 g/mol. The van der Waals surface area contributed by atoms with E-state index in [2.05, 4.69) is 20.5 Å². The van der Waals surface area contributed by atoms with Crippen molar-refractivity contribution in [3.8, 4) is 11.4 Å². The molecule has 0 fully saturated rings. The minimum atomic E-state index is -0.330. The standard InChI is InChI=1S/C15H14FN5OS2/c1-9(22)17-14-18-10(7-23-14)8-24-15-20-19-13(21(15)2)11-5-3-4-6-12(11)16/h3-7H,8H2,1-2H3,(H,17,18,22). The maximum Gasteiger partial charge on any atom is 0.223 e. The number of thiazole rings is 1. The van der Waals surface area contributed by atoms with Crippen LogP contribution < -0.4 is 5.32 Å². The largest absolute Gasteiger partial charge is 0.305 e. The van der Waals surface area contributed by atoms with Gasteiger partial charge in [-0.3, -0.25) is 4.79 Å². The van der Waals surface area contributed by atoms with E-state index in [0.717, 1.165) is 5.69 Å². The van der Waals surface area contributed by atoms with Gasteiger partial charge in [0.2, 0.25) is 5.91 Å². The minimum absolute atomic E-state index is 0.147. The number of anilines is 1. The molecule has 124 valence electrons. The predicted molar refractivity (Wildman–Crippen MR) is 92.4 cm³/mol. The highest BCUT2D eigenvalue weighted by atomic mass is 32.2. The second-order valence-electron chi connectivity index (χ2n) is 4.96. The Morgan fingerprint density at radius 3 is 2.92 bits per heavy atom. The number of hydrogen-bond donors (Lipinski definition) is 1. The number of thioether (sulfide) groups is 1. The van der Waals surface area contributed by atoms with Gasteiger partial charge in [0.1, 0.15) is 5.82 Å². The van der Waals surface area contributed by atoms with Crippen LogP contribution in [-0.2, 0) is 17.6 Å². The molecule has 1 aromatic carbocycles. The van der Waals surface area contributed by atoms with Crippen molar-refractivity contribution in [2.45, 2.75) is 17.8 Å². The van der Waals surface area contributed by atoms with Crippen molar-refractivity contribution in [3.63, 3.8) is 0 Å². The third-order valence-corrected chi connectivity index (χ3v) is 4.99. The van der Waals surface area contributed by atoms with E-state index in [1.807, 2.05) is 5.38 Å². The predicted octanol–water partition coefficient (Wildman–Crippen LogP) is 3.33. The van der Waals surface area contributed by atoms with E-state index >= 15 is 0 Å². The molecule has 0 bridgehead atoms. The molecule has 2 aromatic heterocycles. The molecule has 3 rings (SSSR count). The zero-order valence-electron chi connectivity index (χ0n) is 13.0. The highest BCUT2D eigenvalue weighted by Gasteiger charge is 2.15. The third kappa shape index (κ3) is 3.62. The maximum atomic E-state index is 13.9. The summed E-state index contributed by atoms with van der Waals surface area (Å²) in [5.74, 6) is 0.586. The van der Waals surface area contributed by atoms with Gasteiger partial charge < -0.3 is 9.88 Å². The zero-order valence-corrected chi connectivity index (χ0v) is 14.6. The molecule has 0 spiro atoms. The summed E-state index contributed by atoms with van der Waals surface area (Å²) in [4.78, 5) is 15.3. The molecule has 9 heteroatoms. The lowest BCUT2D eigenvalue weighted by atomic mass is 10.2. The molecule has 24 heavy (non-hydrogen) atoms. The first kappa shape index (κ1) is 16.6. The summed E-state index contributed by atoms with van der Waals surface area (Å²) < 4.78 is 15.6. The summed E-state index contributed by atoms with van der Waals surface area (Å²) >= 11 is 2.82. The molecular formula is C15H14FN5OS2. The Morgan fingerprint density at radius 2 is 2.17 bits per heavy atom. The summed E-state index contributed by atoms with van der Waals surface area (Å²) in [7, 11) is 1.80. The molecule has 0 atom stereocenters. The lowest BCUT2D eigenvalue weighted by Gasteiger charge is -2.04. The number of halogens is 1. The number of carbonyl (C=O) groups excluding carboxylic acids is 1. The Morgan fingerprint density at radius 1 is 1.38 bits per heavy atom. The van der Waals surface area contributed by atoms with Gasteiger partial charge in [-0.1, -0.05) is 23.9 Å². The van der Waals surface area contributed by atoms with Crippen molar-refractivity contribution in [3.05, 3.63) is 41.2 Å². The van der Waals surface area contributed by atoms with Crippen LogP contribution in [0.2, 0.25) is 0 Å². The fourth-order valence-electron chi connectivity index (χ4n) is 2.04. The SMILES string of the molecule is CC(=O)Nc1nc(CSc2nnc(-c3ccccc3F)n2C)cs1. The number of nitrogens with one attached hydrogen (secondary N) is 1. The molecule has 0 unspecified atom stereocenters. The first-order valence-corrected chi connectivity index (χ1v) is 8.90. The maximum absolute atomic E-state index is 13.9. The van der Waals surface area contributed by atoms with Gasteiger partial charge in [-0.25, -0.2) is 9.37 Å². The van der Waals surface area contributed by atoms with Crippen molar-refractivity contribution in [1.82, 2.24) is 19.7 Å². The van der Waals surface area contributed by atoms with Crippen LogP contribution in [-0.4, -0.2) is 25.7 Å². The van der Waals surface area contributed by atoms with E-state index in [0.29, 0.717) is 27.4 Å². The first-order valence-electron chi connectivity index (χ1n) is 7.03. The van der Waals surface area contributed by atoms with Crippen LogP contribution in [0.15, 0.2) is 34.8 Å². The Kier molecular flexibility index (Phi) is 4.91. The smallest absolute Gasteiger partial charge is 0.223 e.